The molecule has 39 heavy (non-hydrogen) atoms. The van der Waals surface area contributed by atoms with Crippen LogP contribution in [0.15, 0.2) is 77.7 Å². The fourth-order valence-electron chi connectivity index (χ4n) is 3.96. The largest absolute Gasteiger partial charge is 0.456 e. The number of aromatic nitrogens is 3. The predicted molar refractivity (Wildman–Crippen MR) is 147 cm³/mol. The number of carbonyl (C=O) groups excluding carboxylic acids is 2. The lowest BCUT2D eigenvalue weighted by Gasteiger charge is -2.16. The number of nitrogens with zero attached hydrogens (tertiary/aromatic N) is 3. The maximum Gasteiger partial charge on any atom is 0.303 e. The minimum absolute atomic E-state index is 0.239. The van der Waals surface area contributed by atoms with Gasteiger partial charge in [0.05, 0.1) is 11.3 Å². The zero-order valence-electron chi connectivity index (χ0n) is 21.6. The first-order chi connectivity index (χ1) is 18.8. The van der Waals surface area contributed by atoms with E-state index in [-0.39, 0.29) is 16.8 Å². The highest BCUT2D eigenvalue weighted by atomic mass is 19.1. The van der Waals surface area contributed by atoms with E-state index in [1.807, 2.05) is 18.2 Å². The molecule has 4 rings (SSSR count). The fourth-order valence-corrected chi connectivity index (χ4v) is 3.96. The summed E-state index contributed by atoms with van der Waals surface area (Å²) in [7, 11) is 1.62. The zero-order valence-corrected chi connectivity index (χ0v) is 21.6. The Balaban J connectivity index is 1.67. The molecule has 4 aromatic rings. The average molecular weight is 530 g/mol. The molecule has 0 unspecified atom stereocenters. The molecule has 0 aliphatic heterocycles. The number of aryl methyl sites for hydroxylation is 1. The van der Waals surface area contributed by atoms with E-state index in [0.717, 1.165) is 12.8 Å². The van der Waals surface area contributed by atoms with Crippen molar-refractivity contribution in [2.75, 3.05) is 23.8 Å². The van der Waals surface area contributed by atoms with E-state index in [9.17, 15) is 18.8 Å². The van der Waals surface area contributed by atoms with Crippen molar-refractivity contribution >= 4 is 23.5 Å². The van der Waals surface area contributed by atoms with E-state index in [0.29, 0.717) is 29.4 Å². The lowest BCUT2D eigenvalue weighted by Crippen LogP contribution is -2.25. The zero-order chi connectivity index (χ0) is 27.8. The number of amides is 1. The predicted octanol–water partition coefficient (Wildman–Crippen LogP) is 4.19. The summed E-state index contributed by atoms with van der Waals surface area (Å²) in [5.74, 6) is -1.19. The molecule has 0 spiro atoms. The molecule has 2 aromatic carbocycles. The summed E-state index contributed by atoms with van der Waals surface area (Å²) in [6.07, 6.45) is 3.15. The van der Waals surface area contributed by atoms with Crippen LogP contribution in [0.3, 0.4) is 0 Å². The molecule has 2 heterocycles. The number of benzene rings is 2. The molecule has 0 saturated heterocycles. The normalized spacial score (nSPS) is 10.6. The van der Waals surface area contributed by atoms with Gasteiger partial charge < -0.3 is 15.4 Å². The lowest BCUT2D eigenvalue weighted by atomic mass is 10.0. The molecular formula is C29H28FN5O4. The third kappa shape index (κ3) is 7.13. The molecule has 0 atom stereocenters. The van der Waals surface area contributed by atoms with Crippen molar-refractivity contribution in [3.63, 3.8) is 0 Å². The smallest absolute Gasteiger partial charge is 0.303 e. The number of anilines is 2. The van der Waals surface area contributed by atoms with Crippen molar-refractivity contribution in [3.8, 4) is 22.5 Å². The van der Waals surface area contributed by atoms with Crippen LogP contribution in [0.4, 0.5) is 16.0 Å². The Morgan fingerprint density at radius 3 is 2.51 bits per heavy atom. The maximum atomic E-state index is 13.7. The molecule has 200 valence electrons. The van der Waals surface area contributed by atoms with Gasteiger partial charge in [-0.1, -0.05) is 42.5 Å². The Morgan fingerprint density at radius 1 is 1.05 bits per heavy atom. The summed E-state index contributed by atoms with van der Waals surface area (Å²) in [4.78, 5) is 45.9. The number of esters is 1. The summed E-state index contributed by atoms with van der Waals surface area (Å²) in [5.41, 5.74) is 2.55. The Hall–Kier alpha value is -4.86. The van der Waals surface area contributed by atoms with Crippen molar-refractivity contribution in [1.82, 2.24) is 14.5 Å². The van der Waals surface area contributed by atoms with Gasteiger partial charge in [-0.25, -0.2) is 9.37 Å². The van der Waals surface area contributed by atoms with E-state index >= 15 is 0 Å². The molecule has 10 heteroatoms. The Kier molecular flexibility index (Phi) is 8.78. The number of hydrogen-bond acceptors (Lipinski definition) is 7. The Labute approximate surface area is 224 Å². The molecule has 0 bridgehead atoms. The number of hydrogen-bond donors (Lipinski definition) is 2. The number of rotatable bonds is 10. The van der Waals surface area contributed by atoms with Crippen LogP contribution in [-0.2, 0) is 27.8 Å². The Bertz CT molecular complexity index is 1520. The second kappa shape index (κ2) is 12.6. The van der Waals surface area contributed by atoms with Gasteiger partial charge in [0.15, 0.2) is 6.61 Å². The maximum absolute atomic E-state index is 13.7. The second-order valence-electron chi connectivity index (χ2n) is 8.80. The summed E-state index contributed by atoms with van der Waals surface area (Å²) in [5, 5.41) is 5.88. The van der Waals surface area contributed by atoms with Gasteiger partial charge in [-0.15, -0.1) is 0 Å². The molecule has 9 nitrogen and oxygen atoms in total. The number of nitrogens with one attached hydrogen (secondary N) is 2. The van der Waals surface area contributed by atoms with E-state index in [2.05, 4.69) is 27.8 Å². The first-order valence-corrected chi connectivity index (χ1v) is 12.4. The van der Waals surface area contributed by atoms with Gasteiger partial charge in [-0.2, -0.15) is 0 Å². The fraction of sp³-hybridized carbons (Fsp3) is 0.207. The van der Waals surface area contributed by atoms with E-state index in [4.69, 9.17) is 9.72 Å². The van der Waals surface area contributed by atoms with Gasteiger partial charge in [-0.05, 0) is 48.2 Å². The van der Waals surface area contributed by atoms with Crippen molar-refractivity contribution in [3.05, 3.63) is 94.7 Å². The SMILES string of the molecule is CC(=O)OCC(=O)Nc1ccnc(-c2nc(NCCCc3ccccc3)n(C)c(=O)c2-c2ccc(F)cc2)c1. The van der Waals surface area contributed by atoms with Crippen LogP contribution in [0.25, 0.3) is 22.5 Å². The molecule has 1 amide bonds. The van der Waals surface area contributed by atoms with E-state index in [1.165, 1.54) is 47.5 Å². The minimum Gasteiger partial charge on any atom is -0.456 e. The van der Waals surface area contributed by atoms with Crippen LogP contribution in [0, 0.1) is 5.82 Å². The highest BCUT2D eigenvalue weighted by Crippen LogP contribution is 2.29. The molecule has 0 aliphatic carbocycles. The molecule has 0 radical (unpaired) electrons. The second-order valence-corrected chi connectivity index (χ2v) is 8.80. The van der Waals surface area contributed by atoms with Gasteiger partial charge in [0.25, 0.3) is 11.5 Å². The first kappa shape index (κ1) is 27.2. The molecule has 0 aliphatic rings. The molecule has 0 fully saturated rings. The molecule has 2 N–H and O–H groups in total. The molecule has 0 saturated carbocycles. The monoisotopic (exact) mass is 529 g/mol. The van der Waals surface area contributed by atoms with Crippen LogP contribution in [0.5, 0.6) is 0 Å². The standard InChI is InChI=1S/C29H28FN5O4/c1-19(36)39-18-25(37)33-23-14-16-31-24(17-23)27-26(21-10-12-22(30)13-11-21)28(38)35(2)29(34-27)32-15-6-9-20-7-4-3-5-8-20/h3-5,7-8,10-14,16-17H,6,9,15,18H2,1-2H3,(H,32,34)(H,31,33,37). The van der Waals surface area contributed by atoms with Gasteiger partial charge in [0.1, 0.15) is 11.5 Å². The topological polar surface area (TPSA) is 115 Å². The first-order valence-electron chi connectivity index (χ1n) is 12.4. The number of carbonyl (C=O) groups is 2. The summed E-state index contributed by atoms with van der Waals surface area (Å²) in [6, 6.07) is 18.8. The number of halogens is 1. The third-order valence-electron chi connectivity index (χ3n) is 5.88. The van der Waals surface area contributed by atoms with Gasteiger partial charge >= 0.3 is 5.97 Å². The van der Waals surface area contributed by atoms with Gasteiger partial charge in [0, 0.05) is 32.4 Å². The van der Waals surface area contributed by atoms with Crippen molar-refractivity contribution < 1.29 is 18.7 Å². The van der Waals surface area contributed by atoms with Gasteiger partial charge in [0.2, 0.25) is 5.95 Å². The quantitative estimate of drug-likeness (QED) is 0.234. The van der Waals surface area contributed by atoms with Crippen LogP contribution in [-0.4, -0.2) is 39.6 Å². The van der Waals surface area contributed by atoms with Crippen LogP contribution in [0.2, 0.25) is 0 Å². The van der Waals surface area contributed by atoms with E-state index in [1.54, 1.807) is 19.2 Å². The van der Waals surface area contributed by atoms with E-state index < -0.39 is 24.3 Å². The van der Waals surface area contributed by atoms with Crippen LogP contribution >= 0.6 is 0 Å². The molecule has 2 aromatic heterocycles. The van der Waals surface area contributed by atoms with Crippen LogP contribution < -0.4 is 16.2 Å². The van der Waals surface area contributed by atoms with Crippen LogP contribution in [0.1, 0.15) is 18.9 Å². The highest BCUT2D eigenvalue weighted by molar-refractivity contribution is 5.93. The third-order valence-corrected chi connectivity index (χ3v) is 5.88. The van der Waals surface area contributed by atoms with Crippen molar-refractivity contribution in [2.45, 2.75) is 19.8 Å². The summed E-state index contributed by atoms with van der Waals surface area (Å²) >= 11 is 0. The van der Waals surface area contributed by atoms with Crippen molar-refractivity contribution in [1.29, 1.82) is 0 Å². The average Bonchev–Trinajstić information content (AvgIpc) is 2.93. The lowest BCUT2D eigenvalue weighted by molar-refractivity contribution is -0.144. The number of ether oxygens (including phenoxy) is 1. The Morgan fingerprint density at radius 2 is 1.79 bits per heavy atom. The number of pyridine rings is 1. The van der Waals surface area contributed by atoms with Crippen molar-refractivity contribution in [2.24, 2.45) is 7.05 Å². The summed E-state index contributed by atoms with van der Waals surface area (Å²) < 4.78 is 19.8. The minimum atomic E-state index is -0.572. The summed E-state index contributed by atoms with van der Waals surface area (Å²) in [6.45, 7) is 1.35. The highest BCUT2D eigenvalue weighted by Gasteiger charge is 2.20. The molecular weight excluding hydrogens is 501 g/mol. The van der Waals surface area contributed by atoms with Gasteiger partial charge in [-0.3, -0.25) is 23.9 Å².